The first-order valence-electron chi connectivity index (χ1n) is 9.29. The molecule has 1 saturated carbocycles. The fraction of sp³-hybridized carbons (Fsp3) is 0.600. The van der Waals surface area contributed by atoms with Crippen LogP contribution in [0.3, 0.4) is 0 Å². The van der Waals surface area contributed by atoms with Crippen molar-refractivity contribution < 1.29 is 19.1 Å². The van der Waals surface area contributed by atoms with Gasteiger partial charge in [0, 0.05) is 19.0 Å². The van der Waals surface area contributed by atoms with Crippen LogP contribution in [0.25, 0.3) is 0 Å². The molecule has 0 radical (unpaired) electrons. The molecule has 1 aliphatic carbocycles. The largest absolute Gasteiger partial charge is 0.481 e. The Morgan fingerprint density at radius 1 is 1.00 bits per heavy atom. The maximum Gasteiger partial charge on any atom is 0.306 e. The predicted octanol–water partition coefficient (Wildman–Crippen LogP) is 3.50. The summed E-state index contributed by atoms with van der Waals surface area (Å²) in [5.41, 5.74) is 0.763. The van der Waals surface area contributed by atoms with Gasteiger partial charge in [-0.25, -0.2) is 4.39 Å². The van der Waals surface area contributed by atoms with Crippen molar-refractivity contribution in [1.29, 1.82) is 0 Å². The van der Waals surface area contributed by atoms with E-state index in [-0.39, 0.29) is 23.6 Å². The number of benzene rings is 1. The molecule has 0 bridgehead atoms. The minimum Gasteiger partial charge on any atom is -0.481 e. The fourth-order valence-electron chi connectivity index (χ4n) is 4.18. The smallest absolute Gasteiger partial charge is 0.306 e. The van der Waals surface area contributed by atoms with Crippen molar-refractivity contribution in [2.24, 2.45) is 17.8 Å². The van der Waals surface area contributed by atoms with Crippen molar-refractivity contribution >= 4 is 11.9 Å². The SMILES string of the molecule is O=C(O)C1CCC(C(=O)N2CCC(Cc3ccccc3F)CC2)CC1. The van der Waals surface area contributed by atoms with Gasteiger partial charge in [-0.15, -0.1) is 0 Å². The van der Waals surface area contributed by atoms with Crippen LogP contribution in [0, 0.1) is 23.6 Å². The summed E-state index contributed by atoms with van der Waals surface area (Å²) in [5.74, 6) is -0.567. The first kappa shape index (κ1) is 17.9. The van der Waals surface area contributed by atoms with Gasteiger partial charge in [0.05, 0.1) is 5.92 Å². The summed E-state index contributed by atoms with van der Waals surface area (Å²) in [6.45, 7) is 1.47. The number of carboxylic acids is 1. The van der Waals surface area contributed by atoms with Crippen LogP contribution < -0.4 is 0 Å². The van der Waals surface area contributed by atoms with Crippen LogP contribution in [-0.4, -0.2) is 35.0 Å². The molecule has 4 nitrogen and oxygen atoms in total. The van der Waals surface area contributed by atoms with Gasteiger partial charge in [0.2, 0.25) is 5.91 Å². The van der Waals surface area contributed by atoms with E-state index in [1.54, 1.807) is 6.07 Å². The van der Waals surface area contributed by atoms with Gasteiger partial charge >= 0.3 is 5.97 Å². The van der Waals surface area contributed by atoms with Gasteiger partial charge in [0.25, 0.3) is 0 Å². The summed E-state index contributed by atoms with van der Waals surface area (Å²) in [4.78, 5) is 25.6. The molecule has 0 spiro atoms. The number of carbonyl (C=O) groups excluding carboxylic acids is 1. The number of likely N-dealkylation sites (tertiary alicyclic amines) is 1. The number of aliphatic carboxylic acids is 1. The Morgan fingerprint density at radius 3 is 2.20 bits per heavy atom. The van der Waals surface area contributed by atoms with Crippen LogP contribution in [0.15, 0.2) is 24.3 Å². The maximum atomic E-state index is 13.8. The number of carboxylic acid groups (broad SMARTS) is 1. The lowest BCUT2D eigenvalue weighted by Gasteiger charge is -2.36. The quantitative estimate of drug-likeness (QED) is 0.907. The van der Waals surface area contributed by atoms with E-state index in [1.165, 1.54) is 6.07 Å². The summed E-state index contributed by atoms with van der Waals surface area (Å²) >= 11 is 0. The molecule has 1 amide bonds. The Bertz CT molecular complexity index is 617. The summed E-state index contributed by atoms with van der Waals surface area (Å²) in [6, 6.07) is 6.92. The Labute approximate surface area is 148 Å². The Hall–Kier alpha value is -1.91. The second-order valence-electron chi connectivity index (χ2n) is 7.45. The molecule has 0 unspecified atom stereocenters. The number of rotatable bonds is 4. The predicted molar refractivity (Wildman–Crippen MR) is 92.5 cm³/mol. The standard InChI is InChI=1S/C20H26FNO3/c21-18-4-2-1-3-17(18)13-14-9-11-22(12-10-14)19(23)15-5-7-16(8-6-15)20(24)25/h1-4,14-16H,5-13H2,(H,24,25). The molecule has 25 heavy (non-hydrogen) atoms. The molecule has 1 N–H and O–H groups in total. The van der Waals surface area contributed by atoms with Crippen LogP contribution in [0.5, 0.6) is 0 Å². The normalized spacial score (nSPS) is 24.9. The van der Waals surface area contributed by atoms with Gasteiger partial charge in [-0.2, -0.15) is 0 Å². The van der Waals surface area contributed by atoms with Crippen LogP contribution >= 0.6 is 0 Å². The van der Waals surface area contributed by atoms with E-state index in [0.717, 1.165) is 37.9 Å². The lowest BCUT2D eigenvalue weighted by molar-refractivity contribution is -0.146. The third kappa shape index (κ3) is 4.39. The Balaban J connectivity index is 1.47. The van der Waals surface area contributed by atoms with Crippen molar-refractivity contribution in [1.82, 2.24) is 4.90 Å². The van der Waals surface area contributed by atoms with Crippen molar-refractivity contribution in [3.05, 3.63) is 35.6 Å². The first-order chi connectivity index (χ1) is 12.0. The van der Waals surface area contributed by atoms with E-state index >= 15 is 0 Å². The molecule has 136 valence electrons. The number of halogens is 1. The van der Waals surface area contributed by atoms with Crippen LogP contribution in [0.2, 0.25) is 0 Å². The van der Waals surface area contributed by atoms with Gasteiger partial charge in [-0.3, -0.25) is 9.59 Å². The van der Waals surface area contributed by atoms with E-state index in [0.29, 0.717) is 31.6 Å². The second-order valence-corrected chi connectivity index (χ2v) is 7.45. The van der Waals surface area contributed by atoms with Gasteiger partial charge in [0.15, 0.2) is 0 Å². The molecule has 0 aromatic heterocycles. The van der Waals surface area contributed by atoms with Gasteiger partial charge in [0.1, 0.15) is 5.82 Å². The molecule has 1 aromatic rings. The second kappa shape index (κ2) is 7.98. The molecular formula is C20H26FNO3. The van der Waals surface area contributed by atoms with Gasteiger partial charge in [-0.05, 0) is 62.5 Å². The van der Waals surface area contributed by atoms with Gasteiger partial charge < -0.3 is 10.0 Å². The number of hydrogen-bond acceptors (Lipinski definition) is 2. The zero-order valence-electron chi connectivity index (χ0n) is 14.5. The van der Waals surface area contributed by atoms with E-state index in [9.17, 15) is 14.0 Å². The van der Waals surface area contributed by atoms with Crippen molar-refractivity contribution in [3.63, 3.8) is 0 Å². The minimum absolute atomic E-state index is 0.0151. The average molecular weight is 347 g/mol. The van der Waals surface area contributed by atoms with Gasteiger partial charge in [-0.1, -0.05) is 18.2 Å². The highest BCUT2D eigenvalue weighted by atomic mass is 19.1. The highest BCUT2D eigenvalue weighted by Crippen LogP contribution is 2.31. The topological polar surface area (TPSA) is 57.6 Å². The molecular weight excluding hydrogens is 321 g/mol. The zero-order valence-corrected chi connectivity index (χ0v) is 14.5. The monoisotopic (exact) mass is 347 g/mol. The fourth-order valence-corrected chi connectivity index (χ4v) is 4.18. The maximum absolute atomic E-state index is 13.8. The van der Waals surface area contributed by atoms with E-state index in [4.69, 9.17) is 5.11 Å². The van der Waals surface area contributed by atoms with Crippen molar-refractivity contribution in [2.75, 3.05) is 13.1 Å². The molecule has 2 fully saturated rings. The van der Waals surface area contributed by atoms with Crippen molar-refractivity contribution in [3.8, 4) is 0 Å². The summed E-state index contributed by atoms with van der Waals surface area (Å²) in [5, 5.41) is 9.06. The number of hydrogen-bond donors (Lipinski definition) is 1. The minimum atomic E-state index is -0.736. The lowest BCUT2D eigenvalue weighted by atomic mass is 9.81. The molecule has 3 rings (SSSR count). The summed E-state index contributed by atoms with van der Waals surface area (Å²) in [7, 11) is 0. The van der Waals surface area contributed by atoms with E-state index in [1.807, 2.05) is 17.0 Å². The molecule has 0 atom stereocenters. The molecule has 5 heteroatoms. The highest BCUT2D eigenvalue weighted by Gasteiger charge is 2.33. The van der Waals surface area contributed by atoms with Crippen LogP contribution in [0.4, 0.5) is 4.39 Å². The lowest BCUT2D eigenvalue weighted by Crippen LogP contribution is -2.43. The van der Waals surface area contributed by atoms with E-state index < -0.39 is 5.97 Å². The zero-order chi connectivity index (χ0) is 17.8. The van der Waals surface area contributed by atoms with Crippen LogP contribution in [0.1, 0.15) is 44.1 Å². The summed E-state index contributed by atoms with van der Waals surface area (Å²) in [6.07, 6.45) is 5.13. The molecule has 2 aliphatic rings. The first-order valence-corrected chi connectivity index (χ1v) is 9.29. The van der Waals surface area contributed by atoms with Crippen LogP contribution in [-0.2, 0) is 16.0 Å². The Morgan fingerprint density at radius 2 is 1.60 bits per heavy atom. The molecule has 1 aliphatic heterocycles. The van der Waals surface area contributed by atoms with E-state index in [2.05, 4.69) is 0 Å². The third-order valence-corrected chi connectivity index (χ3v) is 5.82. The molecule has 1 saturated heterocycles. The third-order valence-electron chi connectivity index (χ3n) is 5.82. The number of carbonyl (C=O) groups is 2. The number of amides is 1. The Kier molecular flexibility index (Phi) is 5.71. The molecule has 1 heterocycles. The van der Waals surface area contributed by atoms with Crippen molar-refractivity contribution in [2.45, 2.75) is 44.9 Å². The summed E-state index contributed by atoms with van der Waals surface area (Å²) < 4.78 is 13.8. The number of piperidine rings is 1. The highest BCUT2D eigenvalue weighted by molar-refractivity contribution is 5.79. The number of nitrogens with zero attached hydrogens (tertiary/aromatic N) is 1. The average Bonchev–Trinajstić information content (AvgIpc) is 2.64. The molecule has 1 aromatic carbocycles.